The number of nitrogens with one attached hydrogen (secondary N) is 1. The first-order chi connectivity index (χ1) is 17.2. The van der Waals surface area contributed by atoms with Gasteiger partial charge in [0.05, 0.1) is 24.4 Å². The van der Waals surface area contributed by atoms with Crippen LogP contribution in [0.3, 0.4) is 0 Å². The highest BCUT2D eigenvalue weighted by Crippen LogP contribution is 2.36. The van der Waals surface area contributed by atoms with Gasteiger partial charge in [0.2, 0.25) is 5.65 Å². The molecule has 0 bridgehead atoms. The highest BCUT2D eigenvalue weighted by Gasteiger charge is 2.34. The number of aryl methyl sites for hydroxylation is 1. The van der Waals surface area contributed by atoms with Crippen LogP contribution in [0.1, 0.15) is 22.8 Å². The van der Waals surface area contributed by atoms with Gasteiger partial charge in [-0.3, -0.25) is 5.73 Å². The Morgan fingerprint density at radius 1 is 1.17 bits per heavy atom. The summed E-state index contributed by atoms with van der Waals surface area (Å²) in [7, 11) is 0. The van der Waals surface area contributed by atoms with Crippen molar-refractivity contribution in [3.63, 3.8) is 0 Å². The van der Waals surface area contributed by atoms with Crippen LogP contribution in [0.15, 0.2) is 58.1 Å². The molecule has 0 aliphatic rings. The molecule has 5 rings (SSSR count). The van der Waals surface area contributed by atoms with Crippen molar-refractivity contribution < 1.29 is 27.7 Å². The number of aliphatic hydroxyl groups is 1. The number of pyridine rings is 1. The zero-order valence-electron chi connectivity index (χ0n) is 18.7. The van der Waals surface area contributed by atoms with Crippen LogP contribution in [0.2, 0.25) is 0 Å². The molecule has 4 aromatic heterocycles. The molecule has 184 valence electrons. The molecule has 0 radical (unpaired) electrons. The summed E-state index contributed by atoms with van der Waals surface area (Å²) in [5, 5.41) is 14.0. The number of aromatic nitrogens is 6. The summed E-state index contributed by atoms with van der Waals surface area (Å²) in [5.74, 6) is 0.411. The minimum absolute atomic E-state index is 0.0134. The van der Waals surface area contributed by atoms with Gasteiger partial charge in [-0.1, -0.05) is 30.3 Å². The normalized spacial score (nSPS) is 11.9. The lowest BCUT2D eigenvalue weighted by Crippen LogP contribution is -2.28. The molecule has 10 nitrogen and oxygen atoms in total. The predicted molar refractivity (Wildman–Crippen MR) is 120 cm³/mol. The second kappa shape index (κ2) is 8.61. The number of fused-ring (bicyclic) bond motifs is 1. The molecule has 0 aliphatic carbocycles. The molecule has 4 N–H and O–H groups in total. The topological polar surface area (TPSA) is 139 Å². The van der Waals surface area contributed by atoms with Crippen molar-refractivity contribution in [3.05, 3.63) is 82.2 Å². The van der Waals surface area contributed by atoms with Gasteiger partial charge in [-0.15, -0.1) is 9.50 Å². The molecule has 0 fully saturated rings. The number of benzene rings is 1. The largest absolute Gasteiger partial charge is 0.448 e. The third-order valence-electron chi connectivity index (χ3n) is 5.63. The number of alkyl halides is 3. The Labute approximate surface area is 200 Å². The molecule has 0 saturated heterocycles. The van der Waals surface area contributed by atoms with Gasteiger partial charge in [-0.05, 0) is 24.6 Å². The van der Waals surface area contributed by atoms with E-state index in [-0.39, 0.29) is 35.0 Å². The zero-order chi connectivity index (χ0) is 25.6. The van der Waals surface area contributed by atoms with Gasteiger partial charge in [-0.25, -0.2) is 19.7 Å². The SMILES string of the molecule is Cc1ocnc1Cn1nc2c(-c3cc(CO)nc(C(F)(F)F)c3)c(-c3ccccc3)[nH+]c(N)n2c1=O. The Morgan fingerprint density at radius 3 is 2.56 bits per heavy atom. The first-order valence-corrected chi connectivity index (χ1v) is 10.7. The fraction of sp³-hybridized carbons (Fsp3) is 0.174. The quantitative estimate of drug-likeness (QED) is 0.380. The van der Waals surface area contributed by atoms with E-state index in [9.17, 15) is 23.1 Å². The van der Waals surface area contributed by atoms with Crippen molar-refractivity contribution in [2.24, 2.45) is 0 Å². The van der Waals surface area contributed by atoms with Crippen molar-refractivity contribution in [1.82, 2.24) is 24.1 Å². The van der Waals surface area contributed by atoms with Gasteiger partial charge in [0.15, 0.2) is 6.39 Å². The van der Waals surface area contributed by atoms with E-state index < -0.39 is 24.2 Å². The van der Waals surface area contributed by atoms with Crippen LogP contribution in [0, 0.1) is 6.92 Å². The summed E-state index contributed by atoms with van der Waals surface area (Å²) in [6, 6.07) is 10.9. The fourth-order valence-corrected chi connectivity index (χ4v) is 3.92. The predicted octanol–water partition coefficient (Wildman–Crippen LogP) is 2.48. The maximum atomic E-state index is 13.7. The maximum Gasteiger partial charge on any atom is 0.433 e. The van der Waals surface area contributed by atoms with Crippen LogP contribution in [0.25, 0.3) is 28.0 Å². The van der Waals surface area contributed by atoms with Gasteiger partial charge >= 0.3 is 17.8 Å². The number of halogens is 3. The number of nitrogens with zero attached hydrogens (tertiary/aromatic N) is 5. The lowest BCUT2D eigenvalue weighted by molar-refractivity contribution is -0.351. The molecule has 13 heteroatoms. The Morgan fingerprint density at radius 2 is 1.92 bits per heavy atom. The molecule has 0 saturated carbocycles. The van der Waals surface area contributed by atoms with Gasteiger partial charge < -0.3 is 9.52 Å². The summed E-state index contributed by atoms with van der Waals surface area (Å²) >= 11 is 0. The maximum absolute atomic E-state index is 13.7. The minimum atomic E-state index is -4.77. The van der Waals surface area contributed by atoms with Gasteiger partial charge in [0.25, 0.3) is 0 Å². The van der Waals surface area contributed by atoms with Gasteiger partial charge in [0, 0.05) is 5.56 Å². The Hall–Kier alpha value is -4.52. The molecule has 4 heterocycles. The molecule has 36 heavy (non-hydrogen) atoms. The number of rotatable bonds is 5. The van der Waals surface area contributed by atoms with E-state index in [1.807, 2.05) is 0 Å². The van der Waals surface area contributed by atoms with Crippen LogP contribution in [-0.4, -0.2) is 29.3 Å². The molecular formula is C23H19F3N7O3+. The molecule has 0 aliphatic heterocycles. The zero-order valence-corrected chi connectivity index (χ0v) is 18.7. The number of hydrogen-bond donors (Lipinski definition) is 2. The van der Waals surface area contributed by atoms with E-state index in [2.05, 4.69) is 20.1 Å². The first kappa shape index (κ1) is 23.2. The van der Waals surface area contributed by atoms with Crippen molar-refractivity contribution in [1.29, 1.82) is 0 Å². The second-order valence-corrected chi connectivity index (χ2v) is 7.97. The first-order valence-electron chi connectivity index (χ1n) is 10.7. The standard InChI is InChI=1S/C23H18F3N7O3/c1-12-16(28-11-36-12)9-32-22(35)33-20(31-32)18(19(30-21(33)27)13-5-3-2-4-6-13)14-7-15(10-34)29-17(8-14)23(24,25)26/h2-8,11,34H,9-10H2,1H3,(H2,27,30)/p+1. The van der Waals surface area contributed by atoms with Crippen molar-refractivity contribution >= 4 is 11.6 Å². The van der Waals surface area contributed by atoms with Crippen molar-refractivity contribution in [2.75, 3.05) is 5.73 Å². The fourth-order valence-electron chi connectivity index (χ4n) is 3.92. The summed E-state index contributed by atoms with van der Waals surface area (Å²) in [5.41, 5.74) is 5.78. The number of anilines is 1. The van der Waals surface area contributed by atoms with E-state index in [1.54, 1.807) is 37.3 Å². The van der Waals surface area contributed by atoms with Crippen LogP contribution < -0.4 is 16.4 Å². The number of H-pyrrole nitrogens is 1. The molecular weight excluding hydrogens is 479 g/mol. The van der Waals surface area contributed by atoms with Crippen molar-refractivity contribution in [2.45, 2.75) is 26.3 Å². The molecule has 0 unspecified atom stereocenters. The van der Waals surface area contributed by atoms with Crippen LogP contribution >= 0.6 is 0 Å². The lowest BCUT2D eigenvalue weighted by atomic mass is 9.99. The third kappa shape index (κ3) is 3.98. The Balaban J connectivity index is 1.86. The van der Waals surface area contributed by atoms with Crippen LogP contribution in [0.4, 0.5) is 19.1 Å². The lowest BCUT2D eigenvalue weighted by Gasteiger charge is -2.13. The molecule has 0 spiro atoms. The average molecular weight is 498 g/mol. The number of oxazole rings is 1. The van der Waals surface area contributed by atoms with Gasteiger partial charge in [-0.2, -0.15) is 17.9 Å². The van der Waals surface area contributed by atoms with Crippen LogP contribution in [-0.2, 0) is 19.3 Å². The van der Waals surface area contributed by atoms with Crippen molar-refractivity contribution in [3.8, 4) is 22.4 Å². The van der Waals surface area contributed by atoms with E-state index >= 15 is 0 Å². The summed E-state index contributed by atoms with van der Waals surface area (Å²) < 4.78 is 48.3. The number of aliphatic hydroxyl groups excluding tert-OH is 1. The number of nitrogen functional groups attached to an aromatic ring is 1. The van der Waals surface area contributed by atoms with Gasteiger partial charge in [0.1, 0.15) is 22.8 Å². The number of nitrogens with two attached hydrogens (primary N) is 1. The second-order valence-electron chi connectivity index (χ2n) is 7.97. The molecule has 1 aromatic carbocycles. The molecule has 5 aromatic rings. The number of hydrogen-bond acceptors (Lipinski definition) is 7. The summed E-state index contributed by atoms with van der Waals surface area (Å²) in [4.78, 5) is 23.8. The number of aromatic amines is 1. The minimum Gasteiger partial charge on any atom is -0.448 e. The Kier molecular flexibility index (Phi) is 5.55. The summed E-state index contributed by atoms with van der Waals surface area (Å²) in [6.45, 7) is 0.907. The summed E-state index contributed by atoms with van der Waals surface area (Å²) in [6.07, 6.45) is -3.54. The highest BCUT2D eigenvalue weighted by molar-refractivity contribution is 5.88. The van der Waals surface area contributed by atoms with E-state index in [0.29, 0.717) is 22.7 Å². The van der Waals surface area contributed by atoms with E-state index in [1.165, 1.54) is 12.5 Å². The average Bonchev–Trinajstić information content (AvgIpc) is 3.41. The molecule has 0 amide bonds. The van der Waals surface area contributed by atoms with E-state index in [0.717, 1.165) is 15.1 Å². The van der Waals surface area contributed by atoms with E-state index in [4.69, 9.17) is 10.2 Å². The Bertz CT molecular complexity index is 1640. The third-order valence-corrected chi connectivity index (χ3v) is 5.63. The smallest absolute Gasteiger partial charge is 0.433 e. The van der Waals surface area contributed by atoms with Crippen LogP contribution in [0.5, 0.6) is 0 Å². The highest BCUT2D eigenvalue weighted by atomic mass is 19.4. The monoisotopic (exact) mass is 498 g/mol. The molecule has 0 atom stereocenters.